The Labute approximate surface area is 161 Å². The highest BCUT2D eigenvalue weighted by Crippen LogP contribution is 2.29. The molecule has 1 aromatic heterocycles. The quantitative estimate of drug-likeness (QED) is 0.654. The Bertz CT molecular complexity index is 847. The van der Waals surface area contributed by atoms with Gasteiger partial charge in [-0.25, -0.2) is 4.98 Å². The fraction of sp³-hybridized carbons (Fsp3) is 0.333. The number of para-hydroxylation sites is 2. The van der Waals surface area contributed by atoms with Crippen LogP contribution in [-0.2, 0) is 0 Å². The molecule has 0 spiro atoms. The molecule has 136 valence electrons. The van der Waals surface area contributed by atoms with Crippen molar-refractivity contribution in [3.8, 4) is 0 Å². The topological polar surface area (TPSA) is 41.1 Å². The highest BCUT2D eigenvalue weighted by Gasteiger charge is 2.21. The Balaban J connectivity index is 0.00000196. The maximum absolute atomic E-state index is 4.88. The zero-order chi connectivity index (χ0) is 17.1. The van der Waals surface area contributed by atoms with Crippen LogP contribution in [0.1, 0.15) is 32.1 Å². The molecule has 0 atom stereocenters. The van der Waals surface area contributed by atoms with E-state index in [0.29, 0.717) is 6.04 Å². The second-order valence-corrected chi connectivity index (χ2v) is 6.78. The molecule has 0 bridgehead atoms. The van der Waals surface area contributed by atoms with Gasteiger partial charge in [0.2, 0.25) is 5.95 Å². The van der Waals surface area contributed by atoms with Gasteiger partial charge in [-0.05, 0) is 37.1 Å². The third-order valence-corrected chi connectivity index (χ3v) is 5.07. The number of benzene rings is 2. The minimum atomic E-state index is 0. The number of hydrogen-bond donors (Lipinski definition) is 1. The summed E-state index contributed by atoms with van der Waals surface area (Å²) in [5.41, 5.74) is 2.02. The summed E-state index contributed by atoms with van der Waals surface area (Å²) in [6.07, 6.45) is 6.42. The van der Waals surface area contributed by atoms with E-state index in [-0.39, 0.29) is 12.4 Å². The normalized spacial score (nSPS) is 14.7. The molecule has 0 aliphatic heterocycles. The van der Waals surface area contributed by atoms with Gasteiger partial charge < -0.3 is 10.2 Å². The fourth-order valence-corrected chi connectivity index (χ4v) is 3.61. The zero-order valence-electron chi connectivity index (χ0n) is 15.1. The number of halogens is 1. The maximum atomic E-state index is 4.88. The van der Waals surface area contributed by atoms with Gasteiger partial charge in [-0.1, -0.05) is 49.6 Å². The van der Waals surface area contributed by atoms with E-state index in [9.17, 15) is 0 Å². The Hall–Kier alpha value is -2.33. The first-order valence-electron chi connectivity index (χ1n) is 9.13. The Morgan fingerprint density at radius 2 is 1.58 bits per heavy atom. The third kappa shape index (κ3) is 3.91. The number of nitrogens with one attached hydrogen (secondary N) is 1. The van der Waals surface area contributed by atoms with Gasteiger partial charge in [0.05, 0.1) is 5.52 Å². The van der Waals surface area contributed by atoms with Crippen LogP contribution in [0.25, 0.3) is 10.9 Å². The van der Waals surface area contributed by atoms with Crippen molar-refractivity contribution in [1.82, 2.24) is 9.97 Å². The lowest BCUT2D eigenvalue weighted by molar-refractivity contribution is 0.424. The van der Waals surface area contributed by atoms with Gasteiger partial charge in [-0.15, -0.1) is 12.4 Å². The molecular formula is C21H25ClN4. The van der Waals surface area contributed by atoms with Crippen LogP contribution in [0.15, 0.2) is 54.6 Å². The highest BCUT2D eigenvalue weighted by molar-refractivity contribution is 5.91. The van der Waals surface area contributed by atoms with Crippen LogP contribution in [0.3, 0.4) is 0 Å². The van der Waals surface area contributed by atoms with Crippen molar-refractivity contribution in [3.05, 3.63) is 54.6 Å². The van der Waals surface area contributed by atoms with Crippen molar-refractivity contribution in [2.45, 2.75) is 38.1 Å². The minimum absolute atomic E-state index is 0. The number of fused-ring (bicyclic) bond motifs is 1. The van der Waals surface area contributed by atoms with E-state index >= 15 is 0 Å². The van der Waals surface area contributed by atoms with Crippen LogP contribution in [0, 0.1) is 0 Å². The predicted octanol–water partition coefficient (Wildman–Crippen LogP) is 5.56. The van der Waals surface area contributed by atoms with Gasteiger partial charge >= 0.3 is 0 Å². The average Bonchev–Trinajstić information content (AvgIpc) is 2.69. The van der Waals surface area contributed by atoms with E-state index in [0.717, 1.165) is 28.4 Å². The van der Waals surface area contributed by atoms with Crippen LogP contribution in [-0.4, -0.2) is 23.1 Å². The number of rotatable bonds is 4. The standard InChI is InChI=1S/C21H24N4.ClH/c1-25(17-12-6-3-7-13-17)21-23-19-15-9-8-14-18(19)20(24-21)22-16-10-4-2-5-11-16;/h2,4-5,8-11,14-15,17H,3,6-7,12-13H2,1H3,(H,22,23,24);1H. The van der Waals surface area contributed by atoms with Crippen molar-refractivity contribution in [3.63, 3.8) is 0 Å². The highest BCUT2D eigenvalue weighted by atomic mass is 35.5. The molecule has 0 radical (unpaired) electrons. The molecule has 1 aliphatic rings. The second kappa shape index (κ2) is 8.37. The van der Waals surface area contributed by atoms with Crippen molar-refractivity contribution in [1.29, 1.82) is 0 Å². The first-order valence-corrected chi connectivity index (χ1v) is 9.13. The second-order valence-electron chi connectivity index (χ2n) is 6.78. The molecular weight excluding hydrogens is 344 g/mol. The molecule has 4 rings (SSSR count). The third-order valence-electron chi connectivity index (χ3n) is 5.07. The summed E-state index contributed by atoms with van der Waals surface area (Å²) in [6.45, 7) is 0. The Morgan fingerprint density at radius 3 is 2.35 bits per heavy atom. The lowest BCUT2D eigenvalue weighted by Crippen LogP contribution is -2.34. The molecule has 0 saturated heterocycles. The summed E-state index contributed by atoms with van der Waals surface area (Å²) >= 11 is 0. The number of nitrogens with zero attached hydrogens (tertiary/aromatic N) is 3. The van der Waals surface area contributed by atoms with E-state index in [1.165, 1.54) is 32.1 Å². The lowest BCUT2D eigenvalue weighted by atomic mass is 9.95. The molecule has 1 heterocycles. The smallest absolute Gasteiger partial charge is 0.227 e. The average molecular weight is 369 g/mol. The zero-order valence-corrected chi connectivity index (χ0v) is 15.9. The van der Waals surface area contributed by atoms with Crippen LogP contribution in [0.2, 0.25) is 0 Å². The van der Waals surface area contributed by atoms with E-state index in [1.807, 2.05) is 30.3 Å². The summed E-state index contributed by atoms with van der Waals surface area (Å²) < 4.78 is 0. The summed E-state index contributed by atoms with van der Waals surface area (Å²) in [4.78, 5) is 12.0. The van der Waals surface area contributed by atoms with Gasteiger partial charge in [0, 0.05) is 24.2 Å². The number of hydrogen-bond acceptors (Lipinski definition) is 4. The molecule has 1 saturated carbocycles. The molecule has 1 N–H and O–H groups in total. The summed E-state index contributed by atoms with van der Waals surface area (Å²) in [5, 5.41) is 4.52. The van der Waals surface area contributed by atoms with E-state index in [1.54, 1.807) is 0 Å². The lowest BCUT2D eigenvalue weighted by Gasteiger charge is -2.31. The van der Waals surface area contributed by atoms with Crippen molar-refractivity contribution >= 4 is 40.8 Å². The molecule has 26 heavy (non-hydrogen) atoms. The van der Waals surface area contributed by atoms with Crippen molar-refractivity contribution in [2.75, 3.05) is 17.3 Å². The first kappa shape index (κ1) is 18.5. The predicted molar refractivity (Wildman–Crippen MR) is 112 cm³/mol. The van der Waals surface area contributed by atoms with Gasteiger partial charge in [-0.3, -0.25) is 0 Å². The minimum Gasteiger partial charge on any atom is -0.341 e. The van der Waals surface area contributed by atoms with Crippen LogP contribution < -0.4 is 10.2 Å². The van der Waals surface area contributed by atoms with Gasteiger partial charge in [0.25, 0.3) is 0 Å². The SMILES string of the molecule is CN(c1nc(Nc2ccccc2)c2ccccc2n1)C1CCCCC1.Cl. The molecule has 5 heteroatoms. The van der Waals surface area contributed by atoms with Crippen LogP contribution >= 0.6 is 12.4 Å². The summed E-state index contributed by atoms with van der Waals surface area (Å²) in [7, 11) is 2.13. The first-order chi connectivity index (χ1) is 12.3. The molecule has 2 aromatic carbocycles. The number of aromatic nitrogens is 2. The molecule has 1 fully saturated rings. The molecule has 4 nitrogen and oxygen atoms in total. The molecule has 0 unspecified atom stereocenters. The van der Waals surface area contributed by atoms with Gasteiger partial charge in [-0.2, -0.15) is 4.98 Å². The van der Waals surface area contributed by atoms with E-state index in [2.05, 4.69) is 41.5 Å². The molecule has 1 aliphatic carbocycles. The largest absolute Gasteiger partial charge is 0.341 e. The summed E-state index contributed by atoms with van der Waals surface area (Å²) in [5.74, 6) is 1.68. The number of anilines is 3. The molecule has 3 aromatic rings. The van der Waals surface area contributed by atoms with E-state index < -0.39 is 0 Å². The monoisotopic (exact) mass is 368 g/mol. The van der Waals surface area contributed by atoms with Crippen molar-refractivity contribution in [2.24, 2.45) is 0 Å². The summed E-state index contributed by atoms with van der Waals surface area (Å²) in [6, 6.07) is 18.9. The Morgan fingerprint density at radius 1 is 0.885 bits per heavy atom. The maximum Gasteiger partial charge on any atom is 0.227 e. The van der Waals surface area contributed by atoms with Crippen LogP contribution in [0.5, 0.6) is 0 Å². The van der Waals surface area contributed by atoms with Gasteiger partial charge in [0.15, 0.2) is 0 Å². The van der Waals surface area contributed by atoms with Gasteiger partial charge in [0.1, 0.15) is 5.82 Å². The van der Waals surface area contributed by atoms with Crippen molar-refractivity contribution < 1.29 is 0 Å². The Kier molecular flexibility index (Phi) is 5.94. The van der Waals surface area contributed by atoms with Crippen LogP contribution in [0.4, 0.5) is 17.5 Å². The van der Waals surface area contributed by atoms with E-state index in [4.69, 9.17) is 9.97 Å². The molecule has 0 amide bonds. The fourth-order valence-electron chi connectivity index (χ4n) is 3.61.